The van der Waals surface area contributed by atoms with Gasteiger partial charge in [0.2, 0.25) is 6.08 Å². The zero-order chi connectivity index (χ0) is 9.19. The minimum absolute atomic E-state index is 0.232. The quantitative estimate of drug-likeness (QED) is 0.463. The average molecular weight is 164 g/mol. The van der Waals surface area contributed by atoms with Gasteiger partial charge < -0.3 is 5.73 Å². The van der Waals surface area contributed by atoms with E-state index >= 15 is 0 Å². The molecule has 12 heavy (non-hydrogen) atoms. The number of allylic oxidation sites excluding steroid dienone is 2. The van der Waals surface area contributed by atoms with Crippen molar-refractivity contribution in [2.45, 2.75) is 25.4 Å². The molecule has 2 N–H and O–H groups in total. The smallest absolute Gasteiger partial charge is 0.235 e. The summed E-state index contributed by atoms with van der Waals surface area (Å²) in [6, 6.07) is -0.232. The number of isocyanates is 1. The highest BCUT2D eigenvalue weighted by molar-refractivity contribution is 5.40. The first-order valence-electron chi connectivity index (χ1n) is 3.81. The van der Waals surface area contributed by atoms with E-state index < -0.39 is 5.54 Å². The van der Waals surface area contributed by atoms with E-state index in [1.807, 2.05) is 32.1 Å². The van der Waals surface area contributed by atoms with Crippen LogP contribution < -0.4 is 5.73 Å². The predicted octanol–water partition coefficient (Wildman–Crippen LogP) is 0.924. The molecule has 0 aromatic heterocycles. The molecule has 2 unspecified atom stereocenters. The van der Waals surface area contributed by atoms with Crippen LogP contribution in [0.25, 0.3) is 0 Å². The molecule has 1 aliphatic carbocycles. The standard InChI is InChI=1S/C9H12N2O/c1-7-3-4-9(2,11-6-12)8(10)5-7/h3-5,8H,10H2,1-2H3. The van der Waals surface area contributed by atoms with Crippen LogP contribution in [0.2, 0.25) is 0 Å². The Labute approximate surface area is 71.7 Å². The van der Waals surface area contributed by atoms with Gasteiger partial charge in [-0.25, -0.2) is 4.79 Å². The van der Waals surface area contributed by atoms with Gasteiger partial charge in [0, 0.05) is 0 Å². The Balaban J connectivity index is 2.98. The summed E-state index contributed by atoms with van der Waals surface area (Å²) in [4.78, 5) is 13.8. The molecule has 3 nitrogen and oxygen atoms in total. The summed E-state index contributed by atoms with van der Waals surface area (Å²) in [6.07, 6.45) is 7.17. The lowest BCUT2D eigenvalue weighted by Crippen LogP contribution is -2.42. The van der Waals surface area contributed by atoms with Crippen molar-refractivity contribution in [3.05, 3.63) is 23.8 Å². The molecule has 0 fully saturated rings. The molecule has 0 spiro atoms. The molecule has 2 atom stereocenters. The molecule has 3 heteroatoms. The van der Waals surface area contributed by atoms with Crippen LogP contribution in [0.15, 0.2) is 28.8 Å². The Hall–Kier alpha value is -1.18. The van der Waals surface area contributed by atoms with Crippen molar-refractivity contribution in [2.75, 3.05) is 0 Å². The van der Waals surface area contributed by atoms with E-state index in [9.17, 15) is 4.79 Å². The number of nitrogens with two attached hydrogens (primary N) is 1. The van der Waals surface area contributed by atoms with Crippen molar-refractivity contribution in [3.63, 3.8) is 0 Å². The van der Waals surface area contributed by atoms with Crippen LogP contribution in [-0.2, 0) is 4.79 Å². The van der Waals surface area contributed by atoms with Crippen LogP contribution in [0.4, 0.5) is 0 Å². The molecule has 0 saturated carbocycles. The van der Waals surface area contributed by atoms with E-state index in [4.69, 9.17) is 5.73 Å². The van der Waals surface area contributed by atoms with Crippen LogP contribution in [0, 0.1) is 0 Å². The number of hydrogen-bond acceptors (Lipinski definition) is 3. The predicted molar refractivity (Wildman–Crippen MR) is 47.4 cm³/mol. The summed E-state index contributed by atoms with van der Waals surface area (Å²) in [7, 11) is 0. The minimum Gasteiger partial charge on any atom is -0.322 e. The summed E-state index contributed by atoms with van der Waals surface area (Å²) in [6.45, 7) is 3.77. The highest BCUT2D eigenvalue weighted by atomic mass is 16.1. The molecule has 0 heterocycles. The van der Waals surface area contributed by atoms with Crippen molar-refractivity contribution in [1.82, 2.24) is 0 Å². The van der Waals surface area contributed by atoms with Gasteiger partial charge in [0.15, 0.2) is 0 Å². The van der Waals surface area contributed by atoms with Gasteiger partial charge in [-0.3, -0.25) is 0 Å². The fraction of sp³-hybridized carbons (Fsp3) is 0.444. The zero-order valence-corrected chi connectivity index (χ0v) is 7.24. The highest BCUT2D eigenvalue weighted by Gasteiger charge is 2.29. The van der Waals surface area contributed by atoms with Crippen molar-refractivity contribution >= 4 is 6.08 Å². The summed E-state index contributed by atoms with van der Waals surface area (Å²) in [5.41, 5.74) is 6.28. The fourth-order valence-corrected chi connectivity index (χ4v) is 1.13. The van der Waals surface area contributed by atoms with E-state index in [2.05, 4.69) is 4.99 Å². The third kappa shape index (κ3) is 1.52. The van der Waals surface area contributed by atoms with Gasteiger partial charge in [-0.05, 0) is 13.8 Å². The Morgan fingerprint density at radius 2 is 2.42 bits per heavy atom. The molecule has 0 radical (unpaired) electrons. The maximum absolute atomic E-state index is 10.1. The van der Waals surface area contributed by atoms with Crippen molar-refractivity contribution in [3.8, 4) is 0 Å². The van der Waals surface area contributed by atoms with E-state index in [0.29, 0.717) is 0 Å². The van der Waals surface area contributed by atoms with Crippen LogP contribution >= 0.6 is 0 Å². The molecular weight excluding hydrogens is 152 g/mol. The Bertz CT molecular complexity index is 287. The maximum atomic E-state index is 10.1. The summed E-state index contributed by atoms with van der Waals surface area (Å²) in [5, 5.41) is 0. The Kier molecular flexibility index (Phi) is 2.27. The number of carbonyl (C=O) groups excluding carboxylic acids is 1. The largest absolute Gasteiger partial charge is 0.322 e. The van der Waals surface area contributed by atoms with E-state index in [1.54, 1.807) is 0 Å². The molecule has 0 aromatic rings. The van der Waals surface area contributed by atoms with Gasteiger partial charge in [-0.1, -0.05) is 23.8 Å². The topological polar surface area (TPSA) is 55.4 Å². The Morgan fingerprint density at radius 1 is 1.75 bits per heavy atom. The Morgan fingerprint density at radius 3 is 2.92 bits per heavy atom. The number of nitrogens with zero attached hydrogens (tertiary/aromatic N) is 1. The van der Waals surface area contributed by atoms with Gasteiger partial charge in [0.05, 0.1) is 6.04 Å². The van der Waals surface area contributed by atoms with Gasteiger partial charge in [-0.2, -0.15) is 4.99 Å². The van der Waals surface area contributed by atoms with Crippen molar-refractivity contribution in [1.29, 1.82) is 0 Å². The SMILES string of the molecule is CC1=CC(N)C(C)(N=C=O)C=C1. The summed E-state index contributed by atoms with van der Waals surface area (Å²) >= 11 is 0. The third-order valence-corrected chi connectivity index (χ3v) is 2.09. The normalized spacial score (nSPS) is 33.9. The van der Waals surface area contributed by atoms with E-state index in [-0.39, 0.29) is 6.04 Å². The number of hydrogen-bond donors (Lipinski definition) is 1. The van der Waals surface area contributed by atoms with Crippen LogP contribution in [0.5, 0.6) is 0 Å². The number of aliphatic imine (C=N–C) groups is 1. The second kappa shape index (κ2) is 3.05. The molecule has 0 aliphatic heterocycles. The lowest BCUT2D eigenvalue weighted by Gasteiger charge is -2.27. The maximum Gasteiger partial charge on any atom is 0.235 e. The monoisotopic (exact) mass is 164 g/mol. The zero-order valence-electron chi connectivity index (χ0n) is 7.24. The lowest BCUT2D eigenvalue weighted by molar-refractivity contribution is 0.499. The van der Waals surface area contributed by atoms with Crippen molar-refractivity contribution in [2.24, 2.45) is 10.7 Å². The van der Waals surface area contributed by atoms with Gasteiger partial charge in [0.25, 0.3) is 0 Å². The minimum atomic E-state index is -0.610. The van der Waals surface area contributed by atoms with Crippen molar-refractivity contribution < 1.29 is 4.79 Å². The fourth-order valence-electron chi connectivity index (χ4n) is 1.13. The molecule has 1 aliphatic rings. The average Bonchev–Trinajstić information content (AvgIpc) is 1.99. The molecule has 0 bridgehead atoms. The summed E-state index contributed by atoms with van der Waals surface area (Å²) in [5.74, 6) is 0. The molecule has 0 aromatic carbocycles. The first-order valence-corrected chi connectivity index (χ1v) is 3.81. The van der Waals surface area contributed by atoms with Crippen LogP contribution in [0.3, 0.4) is 0 Å². The van der Waals surface area contributed by atoms with Crippen LogP contribution in [0.1, 0.15) is 13.8 Å². The highest BCUT2D eigenvalue weighted by Crippen LogP contribution is 2.22. The van der Waals surface area contributed by atoms with E-state index in [1.165, 1.54) is 6.08 Å². The van der Waals surface area contributed by atoms with Gasteiger partial charge >= 0.3 is 0 Å². The molecule has 0 saturated heterocycles. The second-order valence-electron chi connectivity index (χ2n) is 3.20. The van der Waals surface area contributed by atoms with Gasteiger partial charge in [-0.15, -0.1) is 0 Å². The summed E-state index contributed by atoms with van der Waals surface area (Å²) < 4.78 is 0. The van der Waals surface area contributed by atoms with Gasteiger partial charge in [0.1, 0.15) is 5.54 Å². The first-order chi connectivity index (χ1) is 5.58. The number of rotatable bonds is 1. The third-order valence-electron chi connectivity index (χ3n) is 2.09. The molecule has 1 rings (SSSR count). The molecular formula is C9H12N2O. The van der Waals surface area contributed by atoms with Crippen LogP contribution in [-0.4, -0.2) is 17.7 Å². The molecule has 64 valence electrons. The second-order valence-corrected chi connectivity index (χ2v) is 3.20. The van der Waals surface area contributed by atoms with E-state index in [0.717, 1.165) is 5.57 Å². The first kappa shape index (κ1) is 8.91. The lowest BCUT2D eigenvalue weighted by atomic mass is 9.87. The molecule has 0 amide bonds.